The predicted molar refractivity (Wildman–Crippen MR) is 72.6 cm³/mol. The van der Waals surface area contributed by atoms with Gasteiger partial charge < -0.3 is 10.5 Å². The maximum absolute atomic E-state index is 6.15. The number of aliphatic imine (C=N–C) groups is 1. The van der Waals surface area contributed by atoms with Crippen molar-refractivity contribution in [1.29, 1.82) is 0 Å². The summed E-state index contributed by atoms with van der Waals surface area (Å²) in [5, 5.41) is 0. The van der Waals surface area contributed by atoms with Crippen LogP contribution < -0.4 is 5.73 Å². The summed E-state index contributed by atoms with van der Waals surface area (Å²) in [4.78, 5) is 4.49. The van der Waals surface area contributed by atoms with Crippen LogP contribution in [0.3, 0.4) is 0 Å². The van der Waals surface area contributed by atoms with Gasteiger partial charge in [-0.05, 0) is 48.4 Å². The van der Waals surface area contributed by atoms with E-state index in [0.29, 0.717) is 18.9 Å². The van der Waals surface area contributed by atoms with E-state index in [1.165, 1.54) is 0 Å². The first-order valence-electron chi connectivity index (χ1n) is 4.77. The highest BCUT2D eigenvalue weighted by Gasteiger charge is 2.40. The number of halogens is 2. The molecule has 2 atom stereocenters. The topological polar surface area (TPSA) is 47.6 Å². The van der Waals surface area contributed by atoms with Crippen molar-refractivity contribution in [3.8, 4) is 0 Å². The van der Waals surface area contributed by atoms with Crippen molar-refractivity contribution in [3.05, 3.63) is 12.2 Å². The molecule has 1 heterocycles. The van der Waals surface area contributed by atoms with Crippen LogP contribution in [0.2, 0.25) is 0 Å². The van der Waals surface area contributed by atoms with E-state index in [0.717, 1.165) is 12.0 Å². The fourth-order valence-corrected chi connectivity index (χ4v) is 2.89. The third kappa shape index (κ3) is 3.92. The highest BCUT2D eigenvalue weighted by atomic mass is 127. The average Bonchev–Trinajstić information content (AvgIpc) is 1.99. The molecule has 0 aromatic rings. The van der Waals surface area contributed by atoms with Crippen molar-refractivity contribution in [3.63, 3.8) is 0 Å². The first-order valence-corrected chi connectivity index (χ1v) is 6.23. The quantitative estimate of drug-likeness (QED) is 0.363. The molecule has 0 spiro atoms. The Labute approximate surface area is 109 Å². The third-order valence-corrected chi connectivity index (χ3v) is 3.30. The molecule has 5 heteroatoms. The van der Waals surface area contributed by atoms with E-state index in [1.54, 1.807) is 0 Å². The largest absolute Gasteiger partial charge is 0.384 e. The van der Waals surface area contributed by atoms with Gasteiger partial charge >= 0.3 is 0 Å². The summed E-state index contributed by atoms with van der Waals surface area (Å²) >= 11 is 8.24. The molecule has 0 aliphatic carbocycles. The lowest BCUT2D eigenvalue weighted by Gasteiger charge is -2.37. The van der Waals surface area contributed by atoms with Gasteiger partial charge in [-0.1, -0.05) is 18.2 Å². The number of hydrogen-bond donors (Lipinski definition) is 1. The molecule has 3 nitrogen and oxygen atoms in total. The van der Waals surface area contributed by atoms with E-state index < -0.39 is 3.07 Å². The van der Waals surface area contributed by atoms with Crippen LogP contribution in [0.5, 0.6) is 0 Å². The average molecular weight is 343 g/mol. The maximum Gasteiger partial charge on any atom is 0.195 e. The Bertz CT molecular complexity index is 304. The summed E-state index contributed by atoms with van der Waals surface area (Å²) < 4.78 is 4.76. The van der Waals surface area contributed by atoms with Crippen molar-refractivity contribution < 1.29 is 4.74 Å². The van der Waals surface area contributed by atoms with Crippen LogP contribution in [0.1, 0.15) is 26.7 Å². The number of nitrogens with two attached hydrogens (primary N) is 1. The Hall–Kier alpha value is 0.190. The van der Waals surface area contributed by atoms with Crippen molar-refractivity contribution in [2.45, 2.75) is 35.3 Å². The van der Waals surface area contributed by atoms with Gasteiger partial charge in [-0.2, -0.15) is 0 Å². The van der Waals surface area contributed by atoms with Gasteiger partial charge in [0, 0.05) is 6.42 Å². The molecule has 86 valence electrons. The van der Waals surface area contributed by atoms with Gasteiger partial charge in [0.25, 0.3) is 0 Å². The number of rotatable bonds is 2. The Morgan fingerprint density at radius 2 is 2.27 bits per heavy atom. The first kappa shape index (κ1) is 13.3. The molecule has 0 aromatic heterocycles. The standard InChI is InChI=1S/C10H16ClIN2O/c1-7(2)8(13)14-9(3)4-5-15-10(11,12)6-9/h1,4-6H2,2-3H3,(H2,13,14). The lowest BCUT2D eigenvalue weighted by atomic mass is 9.93. The van der Waals surface area contributed by atoms with E-state index in [4.69, 9.17) is 22.1 Å². The second kappa shape index (κ2) is 4.59. The maximum atomic E-state index is 6.15. The van der Waals surface area contributed by atoms with Crippen molar-refractivity contribution in [2.24, 2.45) is 10.7 Å². The second-order valence-corrected chi connectivity index (χ2v) is 7.18. The second-order valence-electron chi connectivity index (χ2n) is 4.19. The summed E-state index contributed by atoms with van der Waals surface area (Å²) in [6.45, 7) is 8.26. The monoisotopic (exact) mass is 342 g/mol. The van der Waals surface area contributed by atoms with Crippen molar-refractivity contribution in [2.75, 3.05) is 6.61 Å². The molecule has 1 aliphatic rings. The van der Waals surface area contributed by atoms with Crippen molar-refractivity contribution >= 4 is 40.0 Å². The van der Waals surface area contributed by atoms with E-state index in [2.05, 4.69) is 34.2 Å². The molecule has 2 N–H and O–H groups in total. The summed E-state index contributed by atoms with van der Waals surface area (Å²) in [5.74, 6) is 0.503. The molecule has 1 saturated heterocycles. The SMILES string of the molecule is C=C(C)C(N)=NC1(C)CCOC(Cl)(I)C1. The number of hydrogen-bond acceptors (Lipinski definition) is 2. The third-order valence-electron chi connectivity index (χ3n) is 2.37. The minimum Gasteiger partial charge on any atom is -0.384 e. The fraction of sp³-hybridized carbons (Fsp3) is 0.700. The number of amidine groups is 1. The molecule has 0 bridgehead atoms. The fourth-order valence-electron chi connectivity index (χ4n) is 1.48. The van der Waals surface area contributed by atoms with Crippen LogP contribution in [0.4, 0.5) is 0 Å². The molecule has 0 aromatic carbocycles. The van der Waals surface area contributed by atoms with E-state index >= 15 is 0 Å². The smallest absolute Gasteiger partial charge is 0.195 e. The zero-order chi connectivity index (χ0) is 11.7. The van der Waals surface area contributed by atoms with Crippen LogP contribution in [-0.2, 0) is 4.74 Å². The van der Waals surface area contributed by atoms with Crippen LogP contribution in [0, 0.1) is 0 Å². The van der Waals surface area contributed by atoms with Gasteiger partial charge in [-0.25, -0.2) is 0 Å². The molecular weight excluding hydrogens is 326 g/mol. The highest BCUT2D eigenvalue weighted by molar-refractivity contribution is 14.1. The molecule has 1 aliphatic heterocycles. The number of alkyl halides is 2. The van der Waals surface area contributed by atoms with Crippen LogP contribution >= 0.6 is 34.2 Å². The lowest BCUT2D eigenvalue weighted by Crippen LogP contribution is -2.41. The molecule has 0 saturated carbocycles. The van der Waals surface area contributed by atoms with Crippen LogP contribution in [0.25, 0.3) is 0 Å². The summed E-state index contributed by atoms with van der Waals surface area (Å²) in [6, 6.07) is 0. The molecule has 1 rings (SSSR count). The van der Waals surface area contributed by atoms with Crippen LogP contribution in [-0.4, -0.2) is 21.0 Å². The molecular formula is C10H16ClIN2O. The van der Waals surface area contributed by atoms with Gasteiger partial charge in [0.05, 0.1) is 12.1 Å². The number of ether oxygens (including phenoxy) is 1. The molecule has 0 amide bonds. The van der Waals surface area contributed by atoms with Crippen LogP contribution in [0.15, 0.2) is 17.1 Å². The minimum absolute atomic E-state index is 0.246. The van der Waals surface area contributed by atoms with Gasteiger partial charge in [0.1, 0.15) is 5.84 Å². The van der Waals surface area contributed by atoms with E-state index in [-0.39, 0.29) is 5.54 Å². The van der Waals surface area contributed by atoms with E-state index in [9.17, 15) is 0 Å². The Balaban J connectivity index is 2.83. The van der Waals surface area contributed by atoms with Crippen molar-refractivity contribution in [1.82, 2.24) is 0 Å². The van der Waals surface area contributed by atoms with Gasteiger partial charge in [-0.15, -0.1) is 0 Å². The van der Waals surface area contributed by atoms with Gasteiger partial charge in [-0.3, -0.25) is 4.99 Å². The molecule has 1 fully saturated rings. The number of nitrogens with zero attached hydrogens (tertiary/aromatic N) is 1. The zero-order valence-electron chi connectivity index (χ0n) is 9.02. The van der Waals surface area contributed by atoms with E-state index in [1.807, 2.05) is 13.8 Å². The summed E-state index contributed by atoms with van der Waals surface area (Å²) in [5.41, 5.74) is 6.33. The Morgan fingerprint density at radius 3 is 2.73 bits per heavy atom. The predicted octanol–water partition coefficient (Wildman–Crippen LogP) is 2.82. The Morgan fingerprint density at radius 1 is 1.67 bits per heavy atom. The van der Waals surface area contributed by atoms with Gasteiger partial charge in [0.2, 0.25) is 0 Å². The Kier molecular flexibility index (Phi) is 4.06. The molecule has 15 heavy (non-hydrogen) atoms. The molecule has 2 unspecified atom stereocenters. The lowest BCUT2D eigenvalue weighted by molar-refractivity contribution is 0.0232. The zero-order valence-corrected chi connectivity index (χ0v) is 11.9. The highest BCUT2D eigenvalue weighted by Crippen LogP contribution is 2.42. The summed E-state index contributed by atoms with van der Waals surface area (Å²) in [6.07, 6.45) is 1.48. The minimum atomic E-state index is -0.663. The van der Waals surface area contributed by atoms with Gasteiger partial charge in [0.15, 0.2) is 3.07 Å². The first-order chi connectivity index (χ1) is 6.74. The normalized spacial score (nSPS) is 37.7. The summed E-state index contributed by atoms with van der Waals surface area (Å²) in [7, 11) is 0. The molecule has 0 radical (unpaired) electrons.